The van der Waals surface area contributed by atoms with Crippen LogP contribution in [0.2, 0.25) is 0 Å². The van der Waals surface area contributed by atoms with Gasteiger partial charge < -0.3 is 15.7 Å². The highest BCUT2D eigenvalue weighted by atomic mass is 16.4. The molecular weight excluding hydrogens is 254 g/mol. The molecule has 19 heavy (non-hydrogen) atoms. The van der Waals surface area contributed by atoms with Crippen LogP contribution in [0.1, 0.15) is 23.3 Å². The van der Waals surface area contributed by atoms with E-state index in [9.17, 15) is 14.4 Å². The summed E-state index contributed by atoms with van der Waals surface area (Å²) in [6.45, 7) is 0.240. The number of carboxylic acid groups (broad SMARTS) is 1. The molecule has 2 rings (SSSR count). The number of rotatable bonds is 4. The minimum absolute atomic E-state index is 0.0142. The molecule has 0 radical (unpaired) electrons. The number of amides is 2. The van der Waals surface area contributed by atoms with E-state index in [1.54, 1.807) is 0 Å². The monoisotopic (exact) mass is 267 g/mol. The van der Waals surface area contributed by atoms with E-state index in [1.165, 1.54) is 6.20 Å². The predicted octanol–water partition coefficient (Wildman–Crippen LogP) is -1.63. The van der Waals surface area contributed by atoms with Crippen molar-refractivity contribution in [2.75, 3.05) is 6.54 Å². The van der Waals surface area contributed by atoms with E-state index in [-0.39, 0.29) is 18.1 Å². The van der Waals surface area contributed by atoms with Crippen LogP contribution < -0.4 is 10.6 Å². The van der Waals surface area contributed by atoms with Gasteiger partial charge in [-0.2, -0.15) is 0 Å². The minimum atomic E-state index is -1.08. The van der Waals surface area contributed by atoms with Crippen LogP contribution in [0.4, 0.5) is 0 Å². The van der Waals surface area contributed by atoms with Gasteiger partial charge in [0.1, 0.15) is 12.6 Å². The van der Waals surface area contributed by atoms with Gasteiger partial charge in [-0.15, -0.1) is 5.10 Å². The first-order valence-electron chi connectivity index (χ1n) is 5.77. The number of piperidine rings is 1. The Morgan fingerprint density at radius 2 is 2.37 bits per heavy atom. The zero-order chi connectivity index (χ0) is 13.8. The van der Waals surface area contributed by atoms with E-state index in [2.05, 4.69) is 20.9 Å². The van der Waals surface area contributed by atoms with E-state index >= 15 is 0 Å². The second-order valence-electron chi connectivity index (χ2n) is 4.15. The topological polar surface area (TPSA) is 126 Å². The number of carbonyl (C=O) groups excluding carboxylic acids is 2. The molecule has 0 aliphatic carbocycles. The fourth-order valence-electron chi connectivity index (χ4n) is 1.76. The lowest BCUT2D eigenvalue weighted by Gasteiger charge is -2.22. The number of hydrogen-bond acceptors (Lipinski definition) is 5. The van der Waals surface area contributed by atoms with Gasteiger partial charge in [0.25, 0.3) is 5.91 Å². The molecule has 3 N–H and O–H groups in total. The molecule has 1 aliphatic rings. The van der Waals surface area contributed by atoms with Crippen LogP contribution in [0.25, 0.3) is 0 Å². The molecule has 1 atom stereocenters. The molecule has 1 aromatic rings. The maximum atomic E-state index is 11.8. The van der Waals surface area contributed by atoms with Gasteiger partial charge >= 0.3 is 5.97 Å². The Kier molecular flexibility index (Phi) is 3.74. The van der Waals surface area contributed by atoms with Gasteiger partial charge in [-0.25, -0.2) is 4.68 Å². The molecule has 1 fully saturated rings. The summed E-state index contributed by atoms with van der Waals surface area (Å²) in [5, 5.41) is 20.8. The molecule has 0 aromatic carbocycles. The van der Waals surface area contributed by atoms with Crippen molar-refractivity contribution in [1.29, 1.82) is 0 Å². The SMILES string of the molecule is O=C(O)Cn1cc(C(=O)NC2CCCNC2=O)nn1. The summed E-state index contributed by atoms with van der Waals surface area (Å²) in [6.07, 6.45) is 2.59. The Labute approximate surface area is 108 Å². The van der Waals surface area contributed by atoms with Crippen LogP contribution in [0, 0.1) is 0 Å². The molecule has 2 heterocycles. The zero-order valence-electron chi connectivity index (χ0n) is 10.00. The van der Waals surface area contributed by atoms with Crippen molar-refractivity contribution in [1.82, 2.24) is 25.6 Å². The van der Waals surface area contributed by atoms with Gasteiger partial charge in [0.15, 0.2) is 5.69 Å². The van der Waals surface area contributed by atoms with Gasteiger partial charge in [0, 0.05) is 6.54 Å². The number of aromatic nitrogens is 3. The van der Waals surface area contributed by atoms with Crippen molar-refractivity contribution < 1.29 is 19.5 Å². The average Bonchev–Trinajstić information content (AvgIpc) is 2.79. The Balaban J connectivity index is 1.97. The normalized spacial score (nSPS) is 18.7. The number of nitrogens with one attached hydrogen (secondary N) is 2. The van der Waals surface area contributed by atoms with E-state index in [0.29, 0.717) is 13.0 Å². The van der Waals surface area contributed by atoms with Crippen LogP contribution in [-0.4, -0.2) is 50.5 Å². The molecule has 9 nitrogen and oxygen atoms in total. The first kappa shape index (κ1) is 13.0. The summed E-state index contributed by atoms with van der Waals surface area (Å²) in [7, 11) is 0. The summed E-state index contributed by atoms with van der Waals surface area (Å²) in [6, 6.07) is -0.578. The van der Waals surface area contributed by atoms with Gasteiger partial charge in [-0.05, 0) is 12.8 Å². The maximum Gasteiger partial charge on any atom is 0.325 e. The quantitative estimate of drug-likeness (QED) is 0.601. The van der Waals surface area contributed by atoms with Crippen molar-refractivity contribution in [3.63, 3.8) is 0 Å². The van der Waals surface area contributed by atoms with Crippen molar-refractivity contribution in [2.45, 2.75) is 25.4 Å². The van der Waals surface area contributed by atoms with E-state index < -0.39 is 17.9 Å². The standard InChI is InChI=1S/C10H13N5O4/c16-8(17)5-15-4-7(13-14-15)10(19)12-6-2-1-3-11-9(6)18/h4,6H,1-3,5H2,(H,11,18)(H,12,19)(H,16,17). The molecule has 0 spiro atoms. The molecule has 0 saturated carbocycles. The third-order valence-corrected chi connectivity index (χ3v) is 2.66. The Morgan fingerprint density at radius 3 is 3.05 bits per heavy atom. The summed E-state index contributed by atoms with van der Waals surface area (Å²) >= 11 is 0. The number of aliphatic carboxylic acids is 1. The van der Waals surface area contributed by atoms with E-state index in [4.69, 9.17) is 5.11 Å². The highest BCUT2D eigenvalue weighted by Crippen LogP contribution is 2.04. The van der Waals surface area contributed by atoms with Gasteiger partial charge in [-0.1, -0.05) is 5.21 Å². The maximum absolute atomic E-state index is 11.8. The van der Waals surface area contributed by atoms with E-state index in [1.807, 2.05) is 0 Å². The largest absolute Gasteiger partial charge is 0.480 e. The van der Waals surface area contributed by atoms with Gasteiger partial charge in [-0.3, -0.25) is 14.4 Å². The first-order valence-corrected chi connectivity index (χ1v) is 5.77. The summed E-state index contributed by atoms with van der Waals surface area (Å²) in [5.74, 6) is -1.85. The molecule has 9 heteroatoms. The highest BCUT2D eigenvalue weighted by Gasteiger charge is 2.25. The Hall–Kier alpha value is -2.45. The van der Waals surface area contributed by atoms with Crippen LogP contribution in [-0.2, 0) is 16.1 Å². The smallest absolute Gasteiger partial charge is 0.325 e. The second-order valence-corrected chi connectivity index (χ2v) is 4.15. The minimum Gasteiger partial charge on any atom is -0.480 e. The second kappa shape index (κ2) is 5.46. The van der Waals surface area contributed by atoms with Crippen molar-refractivity contribution in [2.24, 2.45) is 0 Å². The van der Waals surface area contributed by atoms with Crippen LogP contribution >= 0.6 is 0 Å². The summed E-state index contributed by atoms with van der Waals surface area (Å²) in [4.78, 5) is 33.7. The average molecular weight is 267 g/mol. The molecule has 102 valence electrons. The van der Waals surface area contributed by atoms with Crippen LogP contribution in [0.15, 0.2) is 6.20 Å². The molecule has 1 saturated heterocycles. The summed E-state index contributed by atoms with van der Waals surface area (Å²) < 4.78 is 1.04. The first-order chi connectivity index (χ1) is 9.06. The zero-order valence-corrected chi connectivity index (χ0v) is 10.00. The Morgan fingerprint density at radius 1 is 1.58 bits per heavy atom. The molecule has 1 unspecified atom stereocenters. The Bertz CT molecular complexity index is 512. The van der Waals surface area contributed by atoms with Crippen molar-refractivity contribution >= 4 is 17.8 Å². The number of carboxylic acids is 1. The third kappa shape index (κ3) is 3.27. The lowest BCUT2D eigenvalue weighted by Crippen LogP contribution is -2.50. The molecular formula is C10H13N5O4. The lowest BCUT2D eigenvalue weighted by molar-refractivity contribution is -0.138. The summed E-state index contributed by atoms with van der Waals surface area (Å²) in [5.41, 5.74) is -0.0142. The van der Waals surface area contributed by atoms with Crippen molar-refractivity contribution in [3.05, 3.63) is 11.9 Å². The highest BCUT2D eigenvalue weighted by molar-refractivity contribution is 5.96. The van der Waals surface area contributed by atoms with Crippen molar-refractivity contribution in [3.8, 4) is 0 Å². The molecule has 2 amide bonds. The lowest BCUT2D eigenvalue weighted by atomic mass is 10.1. The van der Waals surface area contributed by atoms with Gasteiger partial charge in [0.2, 0.25) is 5.91 Å². The number of nitrogens with zero attached hydrogens (tertiary/aromatic N) is 3. The van der Waals surface area contributed by atoms with E-state index in [0.717, 1.165) is 11.1 Å². The number of carbonyl (C=O) groups is 3. The molecule has 1 aromatic heterocycles. The molecule has 1 aliphatic heterocycles. The van der Waals surface area contributed by atoms with Crippen LogP contribution in [0.5, 0.6) is 0 Å². The third-order valence-electron chi connectivity index (χ3n) is 2.66. The fraction of sp³-hybridized carbons (Fsp3) is 0.500. The predicted molar refractivity (Wildman–Crippen MR) is 61.2 cm³/mol. The van der Waals surface area contributed by atoms with Gasteiger partial charge in [0.05, 0.1) is 6.20 Å². The molecule has 0 bridgehead atoms. The fourth-order valence-corrected chi connectivity index (χ4v) is 1.76. The van der Waals surface area contributed by atoms with Crippen LogP contribution in [0.3, 0.4) is 0 Å². The number of hydrogen-bond donors (Lipinski definition) is 3.